The van der Waals surface area contributed by atoms with E-state index in [1.54, 1.807) is 18.2 Å². The Kier molecular flexibility index (Phi) is 3.97. The number of nitrogens with zero attached hydrogens (tertiary/aromatic N) is 1. The van der Waals surface area contributed by atoms with E-state index in [4.69, 9.17) is 17.3 Å². The number of amides is 2. The second-order valence-corrected chi connectivity index (χ2v) is 5.27. The number of carbonyl (C=O) groups is 1. The van der Waals surface area contributed by atoms with Gasteiger partial charge in [-0.15, -0.1) is 0 Å². The van der Waals surface area contributed by atoms with Gasteiger partial charge in [0.2, 0.25) is 0 Å². The Labute approximate surface area is 112 Å². The number of nitrogen functional groups attached to an aromatic ring is 1. The van der Waals surface area contributed by atoms with Crippen LogP contribution < -0.4 is 11.1 Å². The fraction of sp³-hybridized carbons (Fsp3) is 0.462. The van der Waals surface area contributed by atoms with E-state index in [-0.39, 0.29) is 6.03 Å². The number of hydrogen-bond acceptors (Lipinski definition) is 2. The summed E-state index contributed by atoms with van der Waals surface area (Å²) >= 11 is 5.92. The highest BCUT2D eigenvalue weighted by atomic mass is 35.5. The van der Waals surface area contributed by atoms with Crippen LogP contribution in [0.25, 0.3) is 0 Å². The normalized spacial score (nSPS) is 19.7. The number of anilines is 2. The van der Waals surface area contributed by atoms with Crippen molar-refractivity contribution in [3.63, 3.8) is 0 Å². The number of nitrogens with one attached hydrogen (secondary N) is 1. The van der Waals surface area contributed by atoms with E-state index in [0.29, 0.717) is 22.3 Å². The number of hydrogen-bond donors (Lipinski definition) is 2. The summed E-state index contributed by atoms with van der Waals surface area (Å²) in [5.41, 5.74) is 6.82. The Balaban J connectivity index is 2.00. The molecule has 0 radical (unpaired) electrons. The van der Waals surface area contributed by atoms with Crippen molar-refractivity contribution in [2.45, 2.75) is 19.8 Å². The highest BCUT2D eigenvalue weighted by Crippen LogP contribution is 2.23. The highest BCUT2D eigenvalue weighted by Gasteiger charge is 2.20. The molecule has 2 amide bonds. The molecule has 5 heteroatoms. The van der Waals surface area contributed by atoms with E-state index in [0.717, 1.165) is 19.5 Å². The van der Waals surface area contributed by atoms with Gasteiger partial charge in [-0.3, -0.25) is 0 Å². The fourth-order valence-corrected chi connectivity index (χ4v) is 2.36. The van der Waals surface area contributed by atoms with Crippen molar-refractivity contribution in [2.24, 2.45) is 5.92 Å². The summed E-state index contributed by atoms with van der Waals surface area (Å²) < 4.78 is 0. The van der Waals surface area contributed by atoms with E-state index in [1.807, 2.05) is 4.90 Å². The molecule has 4 nitrogen and oxygen atoms in total. The molecule has 0 saturated carbocycles. The van der Waals surface area contributed by atoms with Crippen LogP contribution in [0.1, 0.15) is 19.8 Å². The van der Waals surface area contributed by atoms with Crippen LogP contribution in [0.15, 0.2) is 18.2 Å². The molecular weight excluding hydrogens is 250 g/mol. The van der Waals surface area contributed by atoms with Crippen LogP contribution in [-0.4, -0.2) is 24.0 Å². The maximum atomic E-state index is 12.0. The molecule has 1 aromatic carbocycles. The van der Waals surface area contributed by atoms with Gasteiger partial charge in [0.05, 0.1) is 10.7 Å². The summed E-state index contributed by atoms with van der Waals surface area (Å²) in [4.78, 5) is 13.9. The number of nitrogens with two attached hydrogens (primary N) is 1. The van der Waals surface area contributed by atoms with Crippen LogP contribution in [0, 0.1) is 5.92 Å². The van der Waals surface area contributed by atoms with Gasteiger partial charge in [0.25, 0.3) is 0 Å². The van der Waals surface area contributed by atoms with Crippen molar-refractivity contribution < 1.29 is 4.79 Å². The molecule has 18 heavy (non-hydrogen) atoms. The van der Waals surface area contributed by atoms with Crippen molar-refractivity contribution in [3.05, 3.63) is 23.2 Å². The molecule has 0 aliphatic carbocycles. The van der Waals surface area contributed by atoms with Gasteiger partial charge < -0.3 is 16.0 Å². The van der Waals surface area contributed by atoms with E-state index in [2.05, 4.69) is 12.2 Å². The number of halogens is 1. The Hall–Kier alpha value is -1.42. The maximum absolute atomic E-state index is 12.0. The number of urea groups is 1. The smallest absolute Gasteiger partial charge is 0.321 e. The summed E-state index contributed by atoms with van der Waals surface area (Å²) in [7, 11) is 0. The Morgan fingerprint density at radius 2 is 2.33 bits per heavy atom. The summed E-state index contributed by atoms with van der Waals surface area (Å²) in [5.74, 6) is 0.569. The molecule has 0 bridgehead atoms. The SMILES string of the molecule is CC1CCCN(C(=O)Nc2ccc(N)c(Cl)c2)C1. The van der Waals surface area contributed by atoms with Crippen molar-refractivity contribution >= 4 is 29.0 Å². The van der Waals surface area contributed by atoms with Crippen LogP contribution in [0.5, 0.6) is 0 Å². The lowest BCUT2D eigenvalue weighted by molar-refractivity contribution is 0.182. The standard InChI is InChI=1S/C13H18ClN3O/c1-9-3-2-6-17(8-9)13(18)16-10-4-5-12(15)11(14)7-10/h4-5,7,9H,2-3,6,8,15H2,1H3,(H,16,18). The topological polar surface area (TPSA) is 58.4 Å². The second-order valence-electron chi connectivity index (χ2n) is 4.86. The van der Waals surface area contributed by atoms with E-state index >= 15 is 0 Å². The minimum atomic E-state index is -0.0672. The van der Waals surface area contributed by atoms with E-state index in [1.165, 1.54) is 6.42 Å². The lowest BCUT2D eigenvalue weighted by atomic mass is 10.0. The Morgan fingerprint density at radius 1 is 1.56 bits per heavy atom. The van der Waals surface area contributed by atoms with Crippen LogP contribution in [0.4, 0.5) is 16.2 Å². The van der Waals surface area contributed by atoms with Gasteiger partial charge in [-0.05, 0) is 37.0 Å². The zero-order valence-electron chi connectivity index (χ0n) is 10.4. The molecule has 1 aliphatic heterocycles. The van der Waals surface area contributed by atoms with Crippen LogP contribution in [0.3, 0.4) is 0 Å². The molecule has 1 aromatic rings. The van der Waals surface area contributed by atoms with Crippen LogP contribution in [-0.2, 0) is 0 Å². The summed E-state index contributed by atoms with van der Waals surface area (Å²) in [6, 6.07) is 5.05. The first-order valence-corrected chi connectivity index (χ1v) is 6.55. The summed E-state index contributed by atoms with van der Waals surface area (Å²) in [6.45, 7) is 3.80. The zero-order chi connectivity index (χ0) is 13.1. The molecule has 1 atom stereocenters. The van der Waals surface area contributed by atoms with Crippen molar-refractivity contribution in [3.8, 4) is 0 Å². The van der Waals surface area contributed by atoms with Crippen LogP contribution >= 0.6 is 11.6 Å². The highest BCUT2D eigenvalue weighted by molar-refractivity contribution is 6.33. The lowest BCUT2D eigenvalue weighted by Crippen LogP contribution is -2.41. The predicted octanol–water partition coefficient (Wildman–Crippen LogP) is 3.19. The third kappa shape index (κ3) is 3.07. The molecule has 3 N–H and O–H groups in total. The molecule has 1 fully saturated rings. The van der Waals surface area contributed by atoms with Gasteiger partial charge in [0, 0.05) is 18.8 Å². The van der Waals surface area contributed by atoms with E-state index < -0.39 is 0 Å². The van der Waals surface area contributed by atoms with Gasteiger partial charge in [-0.1, -0.05) is 18.5 Å². The molecule has 0 spiro atoms. The predicted molar refractivity (Wildman–Crippen MR) is 74.9 cm³/mol. The monoisotopic (exact) mass is 267 g/mol. The third-order valence-electron chi connectivity index (χ3n) is 3.20. The molecule has 98 valence electrons. The largest absolute Gasteiger partial charge is 0.398 e. The van der Waals surface area contributed by atoms with Gasteiger partial charge in [-0.2, -0.15) is 0 Å². The Bertz CT molecular complexity index is 450. The van der Waals surface area contributed by atoms with Gasteiger partial charge in [0.15, 0.2) is 0 Å². The van der Waals surface area contributed by atoms with Gasteiger partial charge in [-0.25, -0.2) is 4.79 Å². The summed E-state index contributed by atoms with van der Waals surface area (Å²) in [6.07, 6.45) is 2.26. The average Bonchev–Trinajstić information content (AvgIpc) is 2.34. The molecule has 2 rings (SSSR count). The lowest BCUT2D eigenvalue weighted by Gasteiger charge is -2.30. The molecule has 1 saturated heterocycles. The minimum Gasteiger partial charge on any atom is -0.398 e. The zero-order valence-corrected chi connectivity index (χ0v) is 11.2. The fourth-order valence-electron chi connectivity index (χ4n) is 2.18. The van der Waals surface area contributed by atoms with Gasteiger partial charge >= 0.3 is 6.03 Å². The second kappa shape index (κ2) is 5.48. The number of benzene rings is 1. The molecule has 1 heterocycles. The van der Waals surface area contributed by atoms with Gasteiger partial charge in [0.1, 0.15) is 0 Å². The minimum absolute atomic E-state index is 0.0672. The van der Waals surface area contributed by atoms with Crippen molar-refractivity contribution in [1.82, 2.24) is 4.90 Å². The molecule has 1 aliphatic rings. The third-order valence-corrected chi connectivity index (χ3v) is 3.52. The van der Waals surface area contributed by atoms with E-state index in [9.17, 15) is 4.79 Å². The molecule has 1 unspecified atom stereocenters. The summed E-state index contributed by atoms with van der Waals surface area (Å²) in [5, 5.41) is 3.31. The Morgan fingerprint density at radius 3 is 3.00 bits per heavy atom. The maximum Gasteiger partial charge on any atom is 0.321 e. The van der Waals surface area contributed by atoms with Crippen LogP contribution in [0.2, 0.25) is 5.02 Å². The van der Waals surface area contributed by atoms with Crippen molar-refractivity contribution in [2.75, 3.05) is 24.1 Å². The number of rotatable bonds is 1. The van der Waals surface area contributed by atoms with Crippen molar-refractivity contribution in [1.29, 1.82) is 0 Å². The first kappa shape index (κ1) is 13.0. The number of likely N-dealkylation sites (tertiary alicyclic amines) is 1. The average molecular weight is 268 g/mol. The molecular formula is C13H18ClN3O. The quantitative estimate of drug-likeness (QED) is 0.768. The molecule has 0 aromatic heterocycles. The number of piperidine rings is 1. The first-order chi connectivity index (χ1) is 8.56. The number of carbonyl (C=O) groups excluding carboxylic acids is 1. The first-order valence-electron chi connectivity index (χ1n) is 6.17.